The van der Waals surface area contributed by atoms with Gasteiger partial charge in [-0.1, -0.05) is 12.1 Å². The molecule has 1 aromatic carbocycles. The minimum atomic E-state index is 0. The Morgan fingerprint density at radius 1 is 1.29 bits per heavy atom. The van der Waals surface area contributed by atoms with E-state index in [-0.39, 0.29) is 24.0 Å². The molecule has 2 aromatic rings. The zero-order valence-corrected chi connectivity index (χ0v) is 17.7. The number of aromatic nitrogens is 1. The minimum absolute atomic E-state index is 0. The van der Waals surface area contributed by atoms with Crippen molar-refractivity contribution in [2.24, 2.45) is 4.99 Å². The van der Waals surface area contributed by atoms with E-state index >= 15 is 0 Å². The van der Waals surface area contributed by atoms with Crippen molar-refractivity contribution >= 4 is 41.3 Å². The fourth-order valence-electron chi connectivity index (χ4n) is 2.15. The number of nitrogens with zero attached hydrogens (tertiary/aromatic N) is 2. The molecule has 0 radical (unpaired) electrons. The van der Waals surface area contributed by atoms with Crippen LogP contribution in [0.25, 0.3) is 0 Å². The Bertz CT molecular complexity index is 653. The lowest BCUT2D eigenvalue weighted by Gasteiger charge is -2.11. The van der Waals surface area contributed by atoms with Gasteiger partial charge in [0.2, 0.25) is 0 Å². The molecular weight excluding hydrogens is 435 g/mol. The van der Waals surface area contributed by atoms with E-state index < -0.39 is 0 Å². The molecule has 1 aromatic heterocycles. The van der Waals surface area contributed by atoms with Crippen LogP contribution in [0.15, 0.2) is 29.3 Å². The molecule has 0 aliphatic heterocycles. The number of benzene rings is 1. The highest BCUT2D eigenvalue weighted by molar-refractivity contribution is 14.0. The summed E-state index contributed by atoms with van der Waals surface area (Å²) in [6.07, 6.45) is 0.910. The number of ether oxygens (including phenoxy) is 1. The molecule has 0 amide bonds. The lowest BCUT2D eigenvalue weighted by atomic mass is 10.1. The van der Waals surface area contributed by atoms with Crippen molar-refractivity contribution in [1.82, 2.24) is 15.6 Å². The van der Waals surface area contributed by atoms with Gasteiger partial charge in [-0.2, -0.15) is 0 Å². The zero-order chi connectivity index (χ0) is 16.7. The summed E-state index contributed by atoms with van der Waals surface area (Å²) < 4.78 is 5.24. The number of aryl methyl sites for hydroxylation is 2. The van der Waals surface area contributed by atoms with Gasteiger partial charge in [-0.25, -0.2) is 4.98 Å². The molecule has 0 atom stereocenters. The number of hydrogen-bond donors (Lipinski definition) is 2. The van der Waals surface area contributed by atoms with Crippen molar-refractivity contribution in [3.05, 3.63) is 45.4 Å². The second kappa shape index (κ2) is 10.5. The second-order valence-corrected chi connectivity index (χ2v) is 6.49. The molecule has 0 aliphatic carbocycles. The monoisotopic (exact) mass is 460 g/mol. The molecule has 2 rings (SSSR count). The minimum Gasteiger partial charge on any atom is -0.497 e. The SMILES string of the molecule is CN=C(NCCc1cccc(OC)c1)NCc1nc(C)c(C)s1.I. The molecule has 5 nitrogen and oxygen atoms in total. The van der Waals surface area contributed by atoms with Gasteiger partial charge < -0.3 is 15.4 Å². The molecule has 24 heavy (non-hydrogen) atoms. The van der Waals surface area contributed by atoms with Gasteiger partial charge in [0.05, 0.1) is 19.3 Å². The fraction of sp³-hybridized carbons (Fsp3) is 0.412. The smallest absolute Gasteiger partial charge is 0.191 e. The lowest BCUT2D eigenvalue weighted by Crippen LogP contribution is -2.37. The normalized spacial score (nSPS) is 10.9. The van der Waals surface area contributed by atoms with Crippen LogP contribution in [0, 0.1) is 13.8 Å². The number of guanidine groups is 1. The maximum absolute atomic E-state index is 5.24. The van der Waals surface area contributed by atoms with E-state index in [1.54, 1.807) is 25.5 Å². The molecule has 0 aliphatic rings. The highest BCUT2D eigenvalue weighted by Crippen LogP contribution is 2.16. The molecule has 7 heteroatoms. The summed E-state index contributed by atoms with van der Waals surface area (Å²) in [5.41, 5.74) is 2.34. The number of methoxy groups -OCH3 is 1. The van der Waals surface area contributed by atoms with E-state index in [2.05, 4.69) is 39.7 Å². The molecule has 132 valence electrons. The first-order valence-corrected chi connectivity index (χ1v) is 8.44. The van der Waals surface area contributed by atoms with Gasteiger partial charge >= 0.3 is 0 Å². The summed E-state index contributed by atoms with van der Waals surface area (Å²) in [7, 11) is 3.46. The maximum Gasteiger partial charge on any atom is 0.191 e. The molecule has 1 heterocycles. The van der Waals surface area contributed by atoms with E-state index in [1.807, 2.05) is 19.1 Å². The Kier molecular flexibility index (Phi) is 9.05. The van der Waals surface area contributed by atoms with Crippen LogP contribution in [0.2, 0.25) is 0 Å². The summed E-state index contributed by atoms with van der Waals surface area (Å²) in [4.78, 5) is 10.0. The largest absolute Gasteiger partial charge is 0.497 e. The van der Waals surface area contributed by atoms with Crippen LogP contribution in [0.3, 0.4) is 0 Å². The summed E-state index contributed by atoms with van der Waals surface area (Å²) >= 11 is 1.72. The number of hydrogen-bond acceptors (Lipinski definition) is 4. The highest BCUT2D eigenvalue weighted by atomic mass is 127. The van der Waals surface area contributed by atoms with Gasteiger partial charge in [0.1, 0.15) is 10.8 Å². The van der Waals surface area contributed by atoms with Crippen LogP contribution >= 0.6 is 35.3 Å². The van der Waals surface area contributed by atoms with E-state index in [4.69, 9.17) is 4.74 Å². The molecule has 0 bridgehead atoms. The second-order valence-electron chi connectivity index (χ2n) is 5.20. The molecule has 0 saturated carbocycles. The Balaban J connectivity index is 0.00000288. The third-order valence-corrected chi connectivity index (χ3v) is 4.62. The van der Waals surface area contributed by atoms with Crippen molar-refractivity contribution in [1.29, 1.82) is 0 Å². The van der Waals surface area contributed by atoms with Crippen LogP contribution in [0.1, 0.15) is 21.1 Å². The predicted molar refractivity (Wildman–Crippen MR) is 112 cm³/mol. The number of aliphatic imine (C=N–C) groups is 1. The average Bonchev–Trinajstić information content (AvgIpc) is 2.89. The van der Waals surface area contributed by atoms with Gasteiger partial charge in [-0.3, -0.25) is 4.99 Å². The number of halogens is 1. The number of rotatable bonds is 6. The van der Waals surface area contributed by atoms with Crippen LogP contribution in [0.5, 0.6) is 5.75 Å². The molecule has 2 N–H and O–H groups in total. The Morgan fingerprint density at radius 3 is 2.71 bits per heavy atom. The standard InChI is InChI=1S/C17H24N4OS.HI/c1-12-13(2)23-16(21-12)11-20-17(18-3)19-9-8-14-6-5-7-15(10-14)22-4;/h5-7,10H,8-9,11H2,1-4H3,(H2,18,19,20);1H. The Morgan fingerprint density at radius 2 is 2.08 bits per heavy atom. The van der Waals surface area contributed by atoms with Gasteiger partial charge in [-0.05, 0) is 38.0 Å². The van der Waals surface area contributed by atoms with Crippen LogP contribution in [-0.4, -0.2) is 31.6 Å². The zero-order valence-electron chi connectivity index (χ0n) is 14.5. The van der Waals surface area contributed by atoms with Crippen LogP contribution in [-0.2, 0) is 13.0 Å². The van der Waals surface area contributed by atoms with Crippen molar-refractivity contribution < 1.29 is 4.74 Å². The van der Waals surface area contributed by atoms with Crippen molar-refractivity contribution in [2.75, 3.05) is 20.7 Å². The Hall–Kier alpha value is -1.35. The number of nitrogens with one attached hydrogen (secondary N) is 2. The summed E-state index contributed by atoms with van der Waals surface area (Å²) in [5.74, 6) is 1.68. The Labute approximate surface area is 165 Å². The molecule has 0 saturated heterocycles. The van der Waals surface area contributed by atoms with Crippen LogP contribution in [0.4, 0.5) is 0 Å². The third-order valence-electron chi connectivity index (χ3n) is 3.54. The quantitative estimate of drug-likeness (QED) is 0.395. The van der Waals surface area contributed by atoms with E-state index in [9.17, 15) is 0 Å². The van der Waals surface area contributed by atoms with Crippen molar-refractivity contribution in [3.8, 4) is 5.75 Å². The maximum atomic E-state index is 5.24. The van der Waals surface area contributed by atoms with E-state index in [0.29, 0.717) is 6.54 Å². The van der Waals surface area contributed by atoms with Gasteiger partial charge in [-0.15, -0.1) is 35.3 Å². The molecule has 0 unspecified atom stereocenters. The first-order chi connectivity index (χ1) is 11.1. The third kappa shape index (κ3) is 6.27. The lowest BCUT2D eigenvalue weighted by molar-refractivity contribution is 0.414. The van der Waals surface area contributed by atoms with Crippen molar-refractivity contribution in [2.45, 2.75) is 26.8 Å². The first-order valence-electron chi connectivity index (χ1n) is 7.62. The van der Waals surface area contributed by atoms with Gasteiger partial charge in [0.25, 0.3) is 0 Å². The van der Waals surface area contributed by atoms with E-state index in [0.717, 1.165) is 35.4 Å². The highest BCUT2D eigenvalue weighted by Gasteiger charge is 2.05. The molecular formula is C17H25IN4OS. The van der Waals surface area contributed by atoms with Crippen molar-refractivity contribution in [3.63, 3.8) is 0 Å². The van der Waals surface area contributed by atoms with Gasteiger partial charge in [0, 0.05) is 18.5 Å². The predicted octanol–water partition coefficient (Wildman–Crippen LogP) is 3.29. The summed E-state index contributed by atoms with van der Waals surface area (Å²) in [6.45, 7) is 5.63. The van der Waals surface area contributed by atoms with Crippen LogP contribution < -0.4 is 15.4 Å². The summed E-state index contributed by atoms with van der Waals surface area (Å²) in [6, 6.07) is 8.12. The average molecular weight is 460 g/mol. The summed E-state index contributed by atoms with van der Waals surface area (Å²) in [5, 5.41) is 7.70. The number of thiazole rings is 1. The molecule has 0 spiro atoms. The topological polar surface area (TPSA) is 58.5 Å². The molecule has 0 fully saturated rings. The first kappa shape index (κ1) is 20.7. The fourth-order valence-corrected chi connectivity index (χ4v) is 3.02. The van der Waals surface area contributed by atoms with Gasteiger partial charge in [0.15, 0.2) is 5.96 Å². The van der Waals surface area contributed by atoms with E-state index in [1.165, 1.54) is 10.4 Å².